The molecule has 1 aromatic heterocycles. The molecule has 1 unspecified atom stereocenters. The Morgan fingerprint density at radius 2 is 1.81 bits per heavy atom. The third kappa shape index (κ3) is 3.76. The van der Waals surface area contributed by atoms with Crippen molar-refractivity contribution in [3.63, 3.8) is 0 Å². The van der Waals surface area contributed by atoms with Crippen molar-refractivity contribution >= 4 is 40.5 Å². The number of pyridine rings is 1. The highest BCUT2D eigenvalue weighted by Crippen LogP contribution is 2.42. The van der Waals surface area contributed by atoms with Crippen molar-refractivity contribution in [1.82, 2.24) is 4.98 Å². The molecule has 1 atom stereocenters. The molecule has 1 aliphatic carbocycles. The summed E-state index contributed by atoms with van der Waals surface area (Å²) < 4.78 is -0.0990. The van der Waals surface area contributed by atoms with E-state index in [0.29, 0.717) is 10.9 Å². The summed E-state index contributed by atoms with van der Waals surface area (Å²) in [6, 6.07) is 18.0. The quantitative estimate of drug-likeness (QED) is 0.388. The predicted molar refractivity (Wildman–Crippen MR) is 142 cm³/mol. The van der Waals surface area contributed by atoms with Gasteiger partial charge in [0.25, 0.3) is 5.84 Å². The second-order valence-electron chi connectivity index (χ2n) is 9.60. The molecule has 1 saturated carbocycles. The number of hydrogen-bond donors (Lipinski definition) is 2. The number of primary amides is 1. The van der Waals surface area contributed by atoms with Crippen LogP contribution in [0.25, 0.3) is 22.2 Å². The first kappa shape index (κ1) is 22.8. The molecule has 180 valence electrons. The summed E-state index contributed by atoms with van der Waals surface area (Å²) >= 11 is 6.82. The fraction of sp³-hybridized carbons (Fsp3) is 0.214. The van der Waals surface area contributed by atoms with Crippen molar-refractivity contribution in [2.45, 2.75) is 25.7 Å². The number of aliphatic imine (C=N–C) groups is 2. The number of carbonyl (C=O) groups is 1. The van der Waals surface area contributed by atoms with Gasteiger partial charge in [0.1, 0.15) is 11.9 Å². The Morgan fingerprint density at radius 1 is 1.03 bits per heavy atom. The highest BCUT2D eigenvalue weighted by atomic mass is 35.5. The summed E-state index contributed by atoms with van der Waals surface area (Å²) in [6.45, 7) is 0. The lowest BCUT2D eigenvalue weighted by Gasteiger charge is -2.28. The summed E-state index contributed by atoms with van der Waals surface area (Å²) in [7, 11) is 0. The van der Waals surface area contributed by atoms with E-state index in [0.717, 1.165) is 64.8 Å². The highest BCUT2D eigenvalue weighted by Gasteiger charge is 2.47. The molecule has 8 heteroatoms. The summed E-state index contributed by atoms with van der Waals surface area (Å²) in [4.78, 5) is 26.0. The van der Waals surface area contributed by atoms with Crippen LogP contribution in [0.2, 0.25) is 5.02 Å². The second kappa shape index (κ2) is 8.78. The monoisotopic (exact) mass is 497 g/mol. The van der Waals surface area contributed by atoms with Crippen LogP contribution in [0.4, 0.5) is 0 Å². The number of rotatable bonds is 4. The van der Waals surface area contributed by atoms with Crippen LogP contribution in [0.5, 0.6) is 0 Å². The van der Waals surface area contributed by atoms with Crippen LogP contribution < -0.4 is 11.6 Å². The number of quaternary nitrogens is 1. The number of nitrogens with two attached hydrogens (primary N) is 2. The van der Waals surface area contributed by atoms with Crippen LogP contribution in [-0.4, -0.2) is 27.5 Å². The average Bonchev–Trinajstić information content (AvgIpc) is 3.21. The Hall–Kier alpha value is -3.65. The zero-order valence-electron chi connectivity index (χ0n) is 19.6. The Balaban J connectivity index is 1.42. The van der Waals surface area contributed by atoms with Crippen molar-refractivity contribution in [1.29, 1.82) is 0 Å². The number of carbonyl (C=O) groups excluding carboxylic acids is 1. The minimum absolute atomic E-state index is 0.0754. The molecular weight excluding hydrogens is 472 g/mol. The summed E-state index contributed by atoms with van der Waals surface area (Å²) in [5, 5.41) is 1.51. The molecule has 0 saturated heterocycles. The van der Waals surface area contributed by atoms with Gasteiger partial charge in [-0.05, 0) is 43.9 Å². The maximum atomic E-state index is 11.7. The van der Waals surface area contributed by atoms with E-state index in [1.54, 1.807) is 12.4 Å². The molecule has 3 aliphatic rings. The standard InChI is InChI=1S/C28H25ClN6O/c29-22-14-20-10-11-23(17-4-2-1-3-5-17)33-24(20)15-21(22)28-34-26(25-16-32-12-13-35(25,28)31)18-6-8-19(9-7-18)27(30)36/h1-5,10-16,18-19H,6-9,31H2,(H-,30,36)/p+1. The average molecular weight is 498 g/mol. The molecular formula is C28H26ClN6O+. The molecule has 0 radical (unpaired) electrons. The number of amides is 1. The second-order valence-corrected chi connectivity index (χ2v) is 10.0. The fourth-order valence-corrected chi connectivity index (χ4v) is 5.68. The number of allylic oxidation sites excluding steroid dienone is 2. The van der Waals surface area contributed by atoms with E-state index in [-0.39, 0.29) is 22.3 Å². The smallest absolute Gasteiger partial charge is 0.266 e. The van der Waals surface area contributed by atoms with Gasteiger partial charge >= 0.3 is 0 Å². The fourth-order valence-electron chi connectivity index (χ4n) is 5.42. The van der Waals surface area contributed by atoms with Gasteiger partial charge in [0.2, 0.25) is 11.6 Å². The van der Waals surface area contributed by atoms with E-state index in [4.69, 9.17) is 33.2 Å². The zero-order valence-corrected chi connectivity index (χ0v) is 20.4. The molecule has 0 spiro atoms. The van der Waals surface area contributed by atoms with Gasteiger partial charge in [-0.1, -0.05) is 48.0 Å². The topological polar surface area (TPSA) is 107 Å². The number of nitrogens with zero attached hydrogens (tertiary/aromatic N) is 4. The molecule has 7 nitrogen and oxygen atoms in total. The Morgan fingerprint density at radius 3 is 2.56 bits per heavy atom. The van der Waals surface area contributed by atoms with Crippen molar-refractivity contribution in [3.05, 3.63) is 89.0 Å². The molecule has 1 amide bonds. The van der Waals surface area contributed by atoms with Crippen molar-refractivity contribution in [2.24, 2.45) is 33.4 Å². The third-order valence-corrected chi connectivity index (χ3v) is 7.74. The number of hydrogen-bond acceptors (Lipinski definition) is 5. The van der Waals surface area contributed by atoms with Gasteiger partial charge < -0.3 is 5.73 Å². The van der Waals surface area contributed by atoms with Gasteiger partial charge in [0, 0.05) is 22.8 Å². The third-order valence-electron chi connectivity index (χ3n) is 7.43. The first-order chi connectivity index (χ1) is 17.4. The number of benzene rings is 2. The Bertz CT molecular complexity index is 1500. The molecule has 0 bridgehead atoms. The van der Waals surface area contributed by atoms with Crippen LogP contribution in [-0.2, 0) is 4.79 Å². The Labute approximate surface area is 214 Å². The minimum atomic E-state index is -0.224. The first-order valence-corrected chi connectivity index (χ1v) is 12.5. The lowest BCUT2D eigenvalue weighted by molar-refractivity contribution is -0.750. The normalized spacial score (nSPS) is 25.2. The molecule has 2 aliphatic heterocycles. The minimum Gasteiger partial charge on any atom is -0.369 e. The number of aromatic nitrogens is 1. The van der Waals surface area contributed by atoms with E-state index in [1.165, 1.54) is 0 Å². The SMILES string of the molecule is NC(=O)C1CCC(C2=C3C=NC=C[N+]3(N)C(c3cc4nc(-c5ccccc5)ccc4cc3Cl)=N2)CC1. The number of amidine groups is 1. The molecule has 3 heterocycles. The summed E-state index contributed by atoms with van der Waals surface area (Å²) in [6.07, 6.45) is 8.45. The van der Waals surface area contributed by atoms with Crippen LogP contribution in [0.15, 0.2) is 88.4 Å². The van der Waals surface area contributed by atoms with Crippen LogP contribution in [0.1, 0.15) is 31.2 Å². The van der Waals surface area contributed by atoms with Gasteiger partial charge in [0.05, 0.1) is 34.2 Å². The van der Waals surface area contributed by atoms with Gasteiger partial charge in [0.15, 0.2) is 0 Å². The highest BCUT2D eigenvalue weighted by molar-refractivity contribution is 6.34. The zero-order chi connectivity index (χ0) is 24.9. The van der Waals surface area contributed by atoms with Crippen LogP contribution in [0.3, 0.4) is 0 Å². The number of fused-ring (bicyclic) bond motifs is 2. The van der Waals surface area contributed by atoms with E-state index >= 15 is 0 Å². The lowest BCUT2D eigenvalue weighted by atomic mass is 9.80. The lowest BCUT2D eigenvalue weighted by Crippen LogP contribution is -2.53. The molecule has 3 aromatic rings. The predicted octanol–water partition coefficient (Wildman–Crippen LogP) is 5.06. The van der Waals surface area contributed by atoms with Gasteiger partial charge in [-0.15, -0.1) is 4.59 Å². The maximum absolute atomic E-state index is 11.7. The molecule has 6 rings (SSSR count). The van der Waals surface area contributed by atoms with E-state index in [9.17, 15) is 4.79 Å². The van der Waals surface area contributed by atoms with Gasteiger partial charge in [-0.3, -0.25) is 9.79 Å². The number of halogens is 1. The van der Waals surface area contributed by atoms with Crippen molar-refractivity contribution in [3.8, 4) is 11.3 Å². The van der Waals surface area contributed by atoms with E-state index in [2.05, 4.69) is 4.99 Å². The van der Waals surface area contributed by atoms with Crippen LogP contribution in [0, 0.1) is 11.8 Å². The first-order valence-electron chi connectivity index (χ1n) is 12.1. The van der Waals surface area contributed by atoms with Crippen LogP contribution >= 0.6 is 11.6 Å². The molecule has 4 N–H and O–H groups in total. The summed E-state index contributed by atoms with van der Waals surface area (Å²) in [5.41, 5.74) is 10.8. The molecule has 1 fully saturated rings. The van der Waals surface area contributed by atoms with Crippen molar-refractivity contribution in [2.75, 3.05) is 0 Å². The van der Waals surface area contributed by atoms with Gasteiger partial charge in [-0.25, -0.2) is 4.98 Å². The molecule has 2 aromatic carbocycles. The van der Waals surface area contributed by atoms with Crippen molar-refractivity contribution < 1.29 is 9.39 Å². The summed E-state index contributed by atoms with van der Waals surface area (Å²) in [5.74, 6) is 7.48. The largest absolute Gasteiger partial charge is 0.369 e. The maximum Gasteiger partial charge on any atom is 0.266 e. The van der Waals surface area contributed by atoms with Gasteiger partial charge in [-0.2, -0.15) is 10.8 Å². The Kier molecular flexibility index (Phi) is 5.56. The van der Waals surface area contributed by atoms with E-state index in [1.807, 2.05) is 60.8 Å². The van der Waals surface area contributed by atoms with E-state index < -0.39 is 0 Å². The molecule has 36 heavy (non-hydrogen) atoms.